The molecule has 2 aromatic carbocycles. The maximum absolute atomic E-state index is 12.7. The molecule has 1 aliphatic carbocycles. The van der Waals surface area contributed by atoms with Crippen LogP contribution in [-0.2, 0) is 24.1 Å². The fourth-order valence-corrected chi connectivity index (χ4v) is 3.96. The summed E-state index contributed by atoms with van der Waals surface area (Å²) in [6.07, 6.45) is 5.33. The SMILES string of the molecule is CC(=O)N1CCc2cc(C(=O)Nc3cccc4c3CCCC4)ccc21. The van der Waals surface area contributed by atoms with E-state index < -0.39 is 0 Å². The minimum atomic E-state index is -0.0805. The fourth-order valence-electron chi connectivity index (χ4n) is 3.96. The number of fused-ring (bicyclic) bond motifs is 2. The predicted octanol–water partition coefficient (Wildman–Crippen LogP) is 3.73. The van der Waals surface area contributed by atoms with Crippen molar-refractivity contribution in [2.75, 3.05) is 16.8 Å². The molecule has 0 aromatic heterocycles. The van der Waals surface area contributed by atoms with Crippen LogP contribution in [0, 0.1) is 0 Å². The highest BCUT2D eigenvalue weighted by Gasteiger charge is 2.23. The largest absolute Gasteiger partial charge is 0.322 e. The zero-order valence-electron chi connectivity index (χ0n) is 14.5. The van der Waals surface area contributed by atoms with E-state index in [2.05, 4.69) is 11.4 Å². The highest BCUT2D eigenvalue weighted by Crippen LogP contribution is 2.30. The van der Waals surface area contributed by atoms with E-state index in [0.717, 1.165) is 36.2 Å². The van der Waals surface area contributed by atoms with Crippen LogP contribution >= 0.6 is 0 Å². The van der Waals surface area contributed by atoms with Crippen LogP contribution in [0.15, 0.2) is 36.4 Å². The Labute approximate surface area is 147 Å². The topological polar surface area (TPSA) is 49.4 Å². The molecule has 2 amide bonds. The first kappa shape index (κ1) is 15.9. The summed E-state index contributed by atoms with van der Waals surface area (Å²) in [4.78, 5) is 26.1. The zero-order valence-corrected chi connectivity index (χ0v) is 14.5. The van der Waals surface area contributed by atoms with Gasteiger partial charge in [0, 0.05) is 30.4 Å². The molecular formula is C21H22N2O2. The van der Waals surface area contributed by atoms with E-state index in [1.807, 2.05) is 30.3 Å². The van der Waals surface area contributed by atoms with Gasteiger partial charge in [0.25, 0.3) is 5.91 Å². The Balaban J connectivity index is 1.58. The lowest BCUT2D eigenvalue weighted by Crippen LogP contribution is -2.25. The van der Waals surface area contributed by atoms with Gasteiger partial charge in [-0.1, -0.05) is 12.1 Å². The molecule has 2 aliphatic rings. The maximum atomic E-state index is 12.7. The van der Waals surface area contributed by atoms with Crippen molar-refractivity contribution < 1.29 is 9.59 Å². The summed E-state index contributed by atoms with van der Waals surface area (Å²) < 4.78 is 0. The second-order valence-corrected chi connectivity index (χ2v) is 6.87. The van der Waals surface area contributed by atoms with Crippen LogP contribution < -0.4 is 10.2 Å². The number of carbonyl (C=O) groups excluding carboxylic acids is 2. The smallest absolute Gasteiger partial charge is 0.255 e. The van der Waals surface area contributed by atoms with Gasteiger partial charge in [0.2, 0.25) is 5.91 Å². The molecule has 4 nitrogen and oxygen atoms in total. The number of nitrogens with one attached hydrogen (secondary N) is 1. The van der Waals surface area contributed by atoms with Gasteiger partial charge < -0.3 is 10.2 Å². The number of hydrogen-bond donors (Lipinski definition) is 1. The Morgan fingerprint density at radius 3 is 2.68 bits per heavy atom. The molecule has 0 unspecified atom stereocenters. The molecule has 1 aliphatic heterocycles. The van der Waals surface area contributed by atoms with E-state index in [1.54, 1.807) is 11.8 Å². The van der Waals surface area contributed by atoms with E-state index in [0.29, 0.717) is 12.1 Å². The van der Waals surface area contributed by atoms with Gasteiger partial charge in [0.05, 0.1) is 0 Å². The van der Waals surface area contributed by atoms with Crippen molar-refractivity contribution in [3.05, 3.63) is 58.7 Å². The molecular weight excluding hydrogens is 312 g/mol. The lowest BCUT2D eigenvalue weighted by Gasteiger charge is -2.20. The van der Waals surface area contributed by atoms with Gasteiger partial charge >= 0.3 is 0 Å². The van der Waals surface area contributed by atoms with Crippen LogP contribution in [0.5, 0.6) is 0 Å². The van der Waals surface area contributed by atoms with Crippen molar-refractivity contribution in [2.24, 2.45) is 0 Å². The van der Waals surface area contributed by atoms with Crippen molar-refractivity contribution >= 4 is 23.2 Å². The Bertz CT molecular complexity index is 857. The third kappa shape index (κ3) is 2.93. The summed E-state index contributed by atoms with van der Waals surface area (Å²) >= 11 is 0. The first-order valence-electron chi connectivity index (χ1n) is 8.96. The number of amides is 2. The lowest BCUT2D eigenvalue weighted by molar-refractivity contribution is -0.116. The van der Waals surface area contributed by atoms with Gasteiger partial charge in [0.15, 0.2) is 0 Å². The number of rotatable bonds is 2. The van der Waals surface area contributed by atoms with Crippen LogP contribution in [0.2, 0.25) is 0 Å². The predicted molar refractivity (Wildman–Crippen MR) is 99.2 cm³/mol. The number of nitrogens with zero attached hydrogens (tertiary/aromatic N) is 1. The molecule has 0 saturated heterocycles. The van der Waals surface area contributed by atoms with Gasteiger partial charge in [-0.25, -0.2) is 0 Å². The summed E-state index contributed by atoms with van der Waals surface area (Å²) in [6.45, 7) is 2.27. The Hall–Kier alpha value is -2.62. The average Bonchev–Trinajstić information content (AvgIpc) is 3.05. The molecule has 0 spiro atoms. The normalized spacial score (nSPS) is 15.5. The van der Waals surface area contributed by atoms with Crippen LogP contribution in [-0.4, -0.2) is 18.4 Å². The third-order valence-electron chi connectivity index (χ3n) is 5.26. The maximum Gasteiger partial charge on any atom is 0.255 e. The second-order valence-electron chi connectivity index (χ2n) is 6.87. The Kier molecular flexibility index (Phi) is 4.04. The molecule has 0 atom stereocenters. The highest BCUT2D eigenvalue weighted by molar-refractivity contribution is 6.05. The van der Waals surface area contributed by atoms with Gasteiger partial charge in [0.1, 0.15) is 0 Å². The van der Waals surface area contributed by atoms with Crippen molar-refractivity contribution in [2.45, 2.75) is 39.0 Å². The van der Waals surface area contributed by atoms with E-state index in [9.17, 15) is 9.59 Å². The van der Waals surface area contributed by atoms with Crippen molar-refractivity contribution in [1.29, 1.82) is 0 Å². The van der Waals surface area contributed by atoms with E-state index >= 15 is 0 Å². The molecule has 0 bridgehead atoms. The summed E-state index contributed by atoms with van der Waals surface area (Å²) in [5.41, 5.74) is 6.23. The van der Waals surface area contributed by atoms with Gasteiger partial charge in [-0.15, -0.1) is 0 Å². The van der Waals surface area contributed by atoms with Gasteiger partial charge in [-0.05, 0) is 73.1 Å². The zero-order chi connectivity index (χ0) is 17.4. The van der Waals surface area contributed by atoms with E-state index in [-0.39, 0.29) is 11.8 Å². The molecule has 1 heterocycles. The second kappa shape index (κ2) is 6.36. The summed E-state index contributed by atoms with van der Waals surface area (Å²) in [5, 5.41) is 3.09. The van der Waals surface area contributed by atoms with Crippen LogP contribution in [0.25, 0.3) is 0 Å². The molecule has 25 heavy (non-hydrogen) atoms. The standard InChI is InChI=1S/C21H22N2O2/c1-14(24)23-12-11-16-13-17(9-10-20(16)23)21(25)22-19-8-4-6-15-5-2-3-7-18(15)19/h4,6,8-10,13H,2-3,5,7,11-12H2,1H3,(H,22,25). The number of aryl methyl sites for hydroxylation is 1. The molecule has 0 fully saturated rings. The first-order valence-corrected chi connectivity index (χ1v) is 8.96. The third-order valence-corrected chi connectivity index (χ3v) is 5.26. The van der Waals surface area contributed by atoms with Crippen molar-refractivity contribution in [3.8, 4) is 0 Å². The van der Waals surface area contributed by atoms with Gasteiger partial charge in [-0.3, -0.25) is 9.59 Å². The molecule has 4 rings (SSSR count). The lowest BCUT2D eigenvalue weighted by atomic mass is 9.90. The average molecular weight is 334 g/mol. The molecule has 0 saturated carbocycles. The summed E-state index contributed by atoms with van der Waals surface area (Å²) in [5.74, 6) is -0.0325. The van der Waals surface area contributed by atoms with Crippen molar-refractivity contribution in [1.82, 2.24) is 0 Å². The number of anilines is 2. The fraction of sp³-hybridized carbons (Fsp3) is 0.333. The van der Waals surface area contributed by atoms with Crippen LogP contribution in [0.1, 0.15) is 46.8 Å². The summed E-state index contributed by atoms with van der Waals surface area (Å²) in [7, 11) is 0. The summed E-state index contributed by atoms with van der Waals surface area (Å²) in [6, 6.07) is 11.8. The first-order chi connectivity index (χ1) is 12.1. The minimum Gasteiger partial charge on any atom is -0.322 e. The molecule has 4 heteroatoms. The van der Waals surface area contributed by atoms with Crippen LogP contribution in [0.4, 0.5) is 11.4 Å². The minimum absolute atomic E-state index is 0.0480. The Morgan fingerprint density at radius 2 is 1.84 bits per heavy atom. The van der Waals surface area contributed by atoms with E-state index in [4.69, 9.17) is 0 Å². The Morgan fingerprint density at radius 1 is 1.00 bits per heavy atom. The highest BCUT2D eigenvalue weighted by atomic mass is 16.2. The van der Waals surface area contributed by atoms with Gasteiger partial charge in [-0.2, -0.15) is 0 Å². The number of hydrogen-bond acceptors (Lipinski definition) is 2. The number of benzene rings is 2. The molecule has 128 valence electrons. The quantitative estimate of drug-likeness (QED) is 0.910. The van der Waals surface area contributed by atoms with Crippen LogP contribution in [0.3, 0.4) is 0 Å². The monoisotopic (exact) mass is 334 g/mol. The molecule has 0 radical (unpaired) electrons. The van der Waals surface area contributed by atoms with Crippen molar-refractivity contribution in [3.63, 3.8) is 0 Å². The van der Waals surface area contributed by atoms with E-state index in [1.165, 1.54) is 24.0 Å². The molecule has 2 aromatic rings. The number of carbonyl (C=O) groups is 2. The molecule has 1 N–H and O–H groups in total.